The first-order valence-corrected chi connectivity index (χ1v) is 5.67. The van der Waals surface area contributed by atoms with E-state index in [1.165, 1.54) is 25.0 Å². The number of hydrogen-bond donors (Lipinski definition) is 0. The van der Waals surface area contributed by atoms with Crippen molar-refractivity contribution in [2.45, 2.75) is 24.1 Å². The largest absolute Gasteiger partial charge is 0.204 e. The molecule has 3 heteroatoms. The molecule has 0 saturated heterocycles. The molecule has 0 nitrogen and oxygen atoms in total. The third-order valence-corrected chi connectivity index (χ3v) is 3.45. The maximum absolute atomic E-state index is 12.9. The number of alkyl halides is 1. The summed E-state index contributed by atoms with van der Waals surface area (Å²) >= 11 is 3.50. The first-order valence-electron chi connectivity index (χ1n) is 4.76. The Morgan fingerprint density at radius 1 is 1.29 bits per heavy atom. The summed E-state index contributed by atoms with van der Waals surface area (Å²) in [5.41, 5.74) is 0.829. The van der Waals surface area contributed by atoms with Gasteiger partial charge in [-0.15, -0.1) is 0 Å². The molecule has 76 valence electrons. The Balaban J connectivity index is 2.10. The zero-order valence-corrected chi connectivity index (χ0v) is 9.23. The van der Waals surface area contributed by atoms with E-state index >= 15 is 0 Å². The normalized spacial score (nSPS) is 18.2. The van der Waals surface area contributed by atoms with Crippen molar-refractivity contribution < 1.29 is 8.78 Å². The lowest BCUT2D eigenvalue weighted by molar-refractivity contribution is 0.506. The van der Waals surface area contributed by atoms with Crippen molar-refractivity contribution in [1.29, 1.82) is 0 Å². The van der Waals surface area contributed by atoms with Crippen molar-refractivity contribution in [2.75, 3.05) is 0 Å². The van der Waals surface area contributed by atoms with Gasteiger partial charge in [-0.05, 0) is 30.0 Å². The molecule has 14 heavy (non-hydrogen) atoms. The Kier molecular flexibility index (Phi) is 2.86. The van der Waals surface area contributed by atoms with Crippen LogP contribution in [-0.2, 0) is 0 Å². The van der Waals surface area contributed by atoms with E-state index in [4.69, 9.17) is 0 Å². The lowest BCUT2D eigenvalue weighted by Gasteiger charge is -2.09. The highest BCUT2D eigenvalue weighted by Gasteiger charge is 2.25. The molecule has 2 rings (SSSR count). The number of hydrogen-bond acceptors (Lipinski definition) is 0. The van der Waals surface area contributed by atoms with Gasteiger partial charge in [0.2, 0.25) is 0 Å². The molecule has 0 heterocycles. The van der Waals surface area contributed by atoms with E-state index in [1.807, 2.05) is 0 Å². The minimum absolute atomic E-state index is 0.157. The second kappa shape index (κ2) is 3.97. The minimum atomic E-state index is -0.778. The molecular formula is C11H11BrF2. The SMILES string of the molecule is Fc1ccc(C(Br)CC2CC2)cc1F. The molecule has 0 N–H and O–H groups in total. The number of rotatable bonds is 3. The van der Waals surface area contributed by atoms with Crippen LogP contribution in [0.3, 0.4) is 0 Å². The Morgan fingerprint density at radius 2 is 2.00 bits per heavy atom. The maximum Gasteiger partial charge on any atom is 0.159 e. The molecule has 1 aromatic carbocycles. The molecule has 0 aliphatic heterocycles. The summed E-state index contributed by atoms with van der Waals surface area (Å²) in [6.45, 7) is 0. The van der Waals surface area contributed by atoms with Gasteiger partial charge in [0.1, 0.15) is 0 Å². The average Bonchev–Trinajstić information content (AvgIpc) is 2.93. The molecule has 1 aliphatic rings. The molecule has 1 aromatic rings. The van der Waals surface area contributed by atoms with Gasteiger partial charge in [0.25, 0.3) is 0 Å². The molecule has 0 aromatic heterocycles. The summed E-state index contributed by atoms with van der Waals surface area (Å²) in [5.74, 6) is -0.768. The standard InChI is InChI=1S/C11H11BrF2/c12-9(5-7-1-2-7)8-3-4-10(13)11(14)6-8/h3-4,6-7,9H,1-2,5H2. The van der Waals surface area contributed by atoms with Crippen LogP contribution in [0.25, 0.3) is 0 Å². The Labute approximate surface area is 90.4 Å². The summed E-state index contributed by atoms with van der Waals surface area (Å²) in [7, 11) is 0. The van der Waals surface area contributed by atoms with Crippen molar-refractivity contribution in [3.63, 3.8) is 0 Å². The van der Waals surface area contributed by atoms with Crippen LogP contribution in [0.2, 0.25) is 0 Å². The zero-order valence-electron chi connectivity index (χ0n) is 7.64. The van der Waals surface area contributed by atoms with Crippen molar-refractivity contribution in [2.24, 2.45) is 5.92 Å². The van der Waals surface area contributed by atoms with Gasteiger partial charge in [0.05, 0.1) is 0 Å². The van der Waals surface area contributed by atoms with E-state index in [0.717, 1.165) is 17.9 Å². The van der Waals surface area contributed by atoms with Gasteiger partial charge < -0.3 is 0 Å². The average molecular weight is 261 g/mol. The molecule has 1 unspecified atom stereocenters. The third kappa shape index (κ3) is 2.32. The smallest absolute Gasteiger partial charge is 0.159 e. The summed E-state index contributed by atoms with van der Waals surface area (Å²) < 4.78 is 25.5. The van der Waals surface area contributed by atoms with Gasteiger partial charge in [-0.3, -0.25) is 0 Å². The number of benzene rings is 1. The van der Waals surface area contributed by atoms with Crippen molar-refractivity contribution in [1.82, 2.24) is 0 Å². The maximum atomic E-state index is 12.9. The second-order valence-corrected chi connectivity index (χ2v) is 4.93. The summed E-state index contributed by atoms with van der Waals surface area (Å²) in [4.78, 5) is 0.157. The van der Waals surface area contributed by atoms with Gasteiger partial charge in [0, 0.05) is 4.83 Å². The highest BCUT2D eigenvalue weighted by atomic mass is 79.9. The molecule has 0 amide bonds. The van der Waals surface area contributed by atoms with E-state index in [-0.39, 0.29) is 4.83 Å². The number of halogens is 3. The van der Waals surface area contributed by atoms with E-state index in [1.54, 1.807) is 6.07 Å². The predicted octanol–water partition coefficient (Wildman–Crippen LogP) is 4.20. The lowest BCUT2D eigenvalue weighted by Crippen LogP contribution is -1.94. The fourth-order valence-corrected chi connectivity index (χ4v) is 2.30. The third-order valence-electron chi connectivity index (χ3n) is 2.54. The molecule has 0 spiro atoms. The topological polar surface area (TPSA) is 0 Å². The molecule has 1 aliphatic carbocycles. The molecule has 1 fully saturated rings. The van der Waals surface area contributed by atoms with E-state index in [0.29, 0.717) is 0 Å². The molecule has 1 atom stereocenters. The Hall–Kier alpha value is -0.440. The second-order valence-electron chi connectivity index (χ2n) is 3.82. The summed E-state index contributed by atoms with van der Waals surface area (Å²) in [5, 5.41) is 0. The Morgan fingerprint density at radius 3 is 2.57 bits per heavy atom. The molecule has 1 saturated carbocycles. The molecule has 0 radical (unpaired) electrons. The molecular weight excluding hydrogens is 250 g/mol. The quantitative estimate of drug-likeness (QED) is 0.715. The van der Waals surface area contributed by atoms with Crippen molar-refractivity contribution in [3.8, 4) is 0 Å². The predicted molar refractivity (Wildman–Crippen MR) is 55.4 cm³/mol. The fourth-order valence-electron chi connectivity index (χ4n) is 1.49. The van der Waals surface area contributed by atoms with Gasteiger partial charge in [0.15, 0.2) is 11.6 Å². The van der Waals surface area contributed by atoms with Crippen LogP contribution in [0, 0.1) is 17.6 Å². The van der Waals surface area contributed by atoms with E-state index in [2.05, 4.69) is 15.9 Å². The van der Waals surface area contributed by atoms with Gasteiger partial charge in [-0.25, -0.2) is 8.78 Å². The van der Waals surface area contributed by atoms with Crippen molar-refractivity contribution >= 4 is 15.9 Å². The van der Waals surface area contributed by atoms with Gasteiger partial charge in [-0.2, -0.15) is 0 Å². The summed E-state index contributed by atoms with van der Waals surface area (Å²) in [6, 6.07) is 4.10. The minimum Gasteiger partial charge on any atom is -0.204 e. The molecule has 0 bridgehead atoms. The lowest BCUT2D eigenvalue weighted by atomic mass is 10.1. The first-order chi connectivity index (χ1) is 6.66. The zero-order chi connectivity index (χ0) is 10.1. The fraction of sp³-hybridized carbons (Fsp3) is 0.455. The van der Waals surface area contributed by atoms with E-state index in [9.17, 15) is 8.78 Å². The monoisotopic (exact) mass is 260 g/mol. The van der Waals surface area contributed by atoms with E-state index < -0.39 is 11.6 Å². The van der Waals surface area contributed by atoms with Crippen LogP contribution in [0.4, 0.5) is 8.78 Å². The van der Waals surface area contributed by atoms with Gasteiger partial charge in [-0.1, -0.05) is 34.8 Å². The first kappa shape index (κ1) is 10.1. The Bertz CT molecular complexity index is 334. The summed E-state index contributed by atoms with van der Waals surface area (Å²) in [6.07, 6.45) is 3.56. The van der Waals surface area contributed by atoms with Crippen molar-refractivity contribution in [3.05, 3.63) is 35.4 Å². The van der Waals surface area contributed by atoms with Gasteiger partial charge >= 0.3 is 0 Å². The van der Waals surface area contributed by atoms with Crippen LogP contribution < -0.4 is 0 Å². The van der Waals surface area contributed by atoms with Crippen LogP contribution in [0.15, 0.2) is 18.2 Å². The van der Waals surface area contributed by atoms with Crippen LogP contribution in [0.1, 0.15) is 29.7 Å². The van der Waals surface area contributed by atoms with Crippen LogP contribution >= 0.6 is 15.9 Å². The highest BCUT2D eigenvalue weighted by Crippen LogP contribution is 2.41. The van der Waals surface area contributed by atoms with Crippen LogP contribution in [0.5, 0.6) is 0 Å². The van der Waals surface area contributed by atoms with Crippen LogP contribution in [-0.4, -0.2) is 0 Å². The highest BCUT2D eigenvalue weighted by molar-refractivity contribution is 9.09.